The van der Waals surface area contributed by atoms with E-state index in [0.29, 0.717) is 45.2 Å². The Labute approximate surface area is 314 Å². The van der Waals surface area contributed by atoms with Gasteiger partial charge in [0.15, 0.2) is 24.2 Å². The van der Waals surface area contributed by atoms with Crippen LogP contribution in [0.1, 0.15) is 80.0 Å². The van der Waals surface area contributed by atoms with Crippen LogP contribution in [0.15, 0.2) is 49.3 Å². The van der Waals surface area contributed by atoms with E-state index in [1.807, 2.05) is 0 Å². The number of carbonyl (C=O) groups is 5. The molecule has 0 bridgehead atoms. The highest BCUT2D eigenvalue weighted by Gasteiger charge is 2.25. The normalized spacial score (nSPS) is 12.0. The number of rotatable bonds is 19. The molecule has 0 saturated carbocycles. The number of hydrogen-bond donors (Lipinski definition) is 4. The molecular formula is C33H44F2N14O6. The number of amides is 3. The summed E-state index contributed by atoms with van der Waals surface area (Å²) in [6.45, 7) is 5.78. The van der Waals surface area contributed by atoms with Gasteiger partial charge in [-0.3, -0.25) is 19.2 Å². The topological polar surface area (TPSA) is 270 Å². The Morgan fingerprint density at radius 1 is 0.764 bits per heavy atom. The summed E-state index contributed by atoms with van der Waals surface area (Å²) in [4.78, 5) is 70.4. The van der Waals surface area contributed by atoms with Crippen LogP contribution in [0.25, 0.3) is 0 Å². The summed E-state index contributed by atoms with van der Waals surface area (Å²) in [5.41, 5.74) is 4.38. The highest BCUT2D eigenvalue weighted by Crippen LogP contribution is 2.10. The van der Waals surface area contributed by atoms with Gasteiger partial charge in [0, 0.05) is 18.9 Å². The van der Waals surface area contributed by atoms with Crippen molar-refractivity contribution in [1.82, 2.24) is 66.3 Å². The third-order valence-corrected chi connectivity index (χ3v) is 7.31. The monoisotopic (exact) mass is 770 g/mol. The number of ketones is 2. The van der Waals surface area contributed by atoms with Gasteiger partial charge in [-0.25, -0.2) is 14.8 Å². The van der Waals surface area contributed by atoms with Crippen LogP contribution < -0.4 is 21.7 Å². The smallest absolute Gasteiger partial charge is 0.407 e. The van der Waals surface area contributed by atoms with Crippen LogP contribution in [-0.4, -0.2) is 111 Å². The number of pyridine rings is 2. The standard InChI is InChI=1S/C19H26FN7O4.C14H18FN7O2/c1-19(2,3)31-18(30)22-9-5-4-8-14(15(28)11-27-24-12-23-26-27)25-17(29)13-7-6-10-21-16(13)20;15-13-10(4-3-7-17-13)14(24)20-11(5-1-2-6-16)12(23)8-22-19-9-18-21-22/h6-7,10,12,14H,4-5,8-9,11H2,1-3H3,(H,22,30)(H,25,29);3-4,7,9,11H,1-2,5-6,8,16H2,(H,20,24)/t14-;11-/m00/s1. The van der Waals surface area contributed by atoms with E-state index in [1.165, 1.54) is 49.3 Å². The van der Waals surface area contributed by atoms with E-state index in [1.54, 1.807) is 20.8 Å². The lowest BCUT2D eigenvalue weighted by Gasteiger charge is -2.20. The predicted octanol–water partition coefficient (Wildman–Crippen LogP) is 0.974. The minimum Gasteiger partial charge on any atom is -0.444 e. The van der Waals surface area contributed by atoms with E-state index < -0.39 is 47.5 Å². The molecule has 22 heteroatoms. The Balaban J connectivity index is 0.000000305. The zero-order valence-electron chi connectivity index (χ0n) is 30.6. The molecule has 0 saturated heterocycles. The van der Waals surface area contributed by atoms with E-state index in [4.69, 9.17) is 10.5 Å². The molecule has 0 aromatic carbocycles. The maximum absolute atomic E-state index is 13.8. The molecule has 0 radical (unpaired) electrons. The number of alkyl carbamates (subject to hydrolysis) is 1. The summed E-state index contributed by atoms with van der Waals surface area (Å²) in [6.07, 6.45) is 7.40. The van der Waals surface area contributed by atoms with Crippen molar-refractivity contribution in [3.05, 3.63) is 72.3 Å². The van der Waals surface area contributed by atoms with Crippen molar-refractivity contribution >= 4 is 29.5 Å². The maximum atomic E-state index is 13.8. The Kier molecular flexibility index (Phi) is 17.4. The SMILES string of the molecule is CC(C)(C)OC(=O)NCCCC[C@H](NC(=O)c1cccnc1F)C(=O)Cn1ncnn1.NCCCC[C@H](NC(=O)c1cccnc1F)C(=O)Cn1ncnn1. The zero-order chi connectivity index (χ0) is 40.2. The molecule has 0 unspecified atom stereocenters. The first-order valence-corrected chi connectivity index (χ1v) is 17.2. The van der Waals surface area contributed by atoms with Crippen LogP contribution >= 0.6 is 0 Å². The molecule has 4 heterocycles. The van der Waals surface area contributed by atoms with Crippen molar-refractivity contribution in [2.24, 2.45) is 5.73 Å². The minimum absolute atomic E-state index is 0.136. The number of Topliss-reactive ketones (excluding diaryl/α,β-unsaturated/α-hetero) is 2. The van der Waals surface area contributed by atoms with Crippen LogP contribution in [0.5, 0.6) is 0 Å². The number of hydrogen-bond acceptors (Lipinski definition) is 15. The molecule has 0 aliphatic carbocycles. The fourth-order valence-corrected chi connectivity index (χ4v) is 4.70. The molecule has 3 amide bonds. The summed E-state index contributed by atoms with van der Waals surface area (Å²) in [7, 11) is 0. The Bertz CT molecular complexity index is 1820. The highest BCUT2D eigenvalue weighted by atomic mass is 19.1. The highest BCUT2D eigenvalue weighted by molar-refractivity contribution is 5.98. The maximum Gasteiger partial charge on any atom is 0.407 e. The van der Waals surface area contributed by atoms with Crippen molar-refractivity contribution in [3.63, 3.8) is 0 Å². The van der Waals surface area contributed by atoms with Gasteiger partial charge < -0.3 is 26.4 Å². The molecular weight excluding hydrogens is 726 g/mol. The molecule has 0 aliphatic rings. The average Bonchev–Trinajstić information content (AvgIpc) is 3.85. The molecule has 0 spiro atoms. The zero-order valence-corrected chi connectivity index (χ0v) is 30.6. The van der Waals surface area contributed by atoms with Gasteiger partial charge >= 0.3 is 6.09 Å². The van der Waals surface area contributed by atoms with Gasteiger partial charge in [-0.05, 0) is 101 Å². The number of halogens is 2. The van der Waals surface area contributed by atoms with Gasteiger partial charge in [0.25, 0.3) is 11.8 Å². The van der Waals surface area contributed by atoms with Crippen LogP contribution in [0.2, 0.25) is 0 Å². The number of tetrazole rings is 2. The number of ether oxygens (including phenoxy) is 1. The van der Waals surface area contributed by atoms with E-state index in [9.17, 15) is 32.8 Å². The number of nitrogens with zero attached hydrogens (tertiary/aromatic N) is 10. The van der Waals surface area contributed by atoms with Gasteiger partial charge in [0.1, 0.15) is 18.7 Å². The Hall–Kier alpha value is -6.19. The van der Waals surface area contributed by atoms with Gasteiger partial charge in [-0.1, -0.05) is 0 Å². The van der Waals surface area contributed by atoms with Crippen LogP contribution in [0.4, 0.5) is 13.6 Å². The summed E-state index contributed by atoms with van der Waals surface area (Å²) >= 11 is 0. The fourth-order valence-electron chi connectivity index (χ4n) is 4.70. The van der Waals surface area contributed by atoms with Crippen LogP contribution in [-0.2, 0) is 27.4 Å². The van der Waals surface area contributed by atoms with Gasteiger partial charge in [-0.15, -0.1) is 20.4 Å². The molecule has 55 heavy (non-hydrogen) atoms. The molecule has 0 aliphatic heterocycles. The Morgan fingerprint density at radius 3 is 1.64 bits per heavy atom. The third-order valence-electron chi connectivity index (χ3n) is 7.31. The predicted molar refractivity (Wildman–Crippen MR) is 188 cm³/mol. The van der Waals surface area contributed by atoms with Crippen molar-refractivity contribution < 1.29 is 37.5 Å². The van der Waals surface area contributed by atoms with Crippen molar-refractivity contribution in [2.45, 2.75) is 90.1 Å². The molecule has 20 nitrogen and oxygen atoms in total. The van der Waals surface area contributed by atoms with Crippen molar-refractivity contribution in [3.8, 4) is 0 Å². The van der Waals surface area contributed by atoms with Crippen molar-refractivity contribution in [1.29, 1.82) is 0 Å². The molecule has 4 aromatic rings. The first-order chi connectivity index (χ1) is 26.3. The van der Waals surface area contributed by atoms with Gasteiger partial charge in [0.05, 0.1) is 23.2 Å². The van der Waals surface area contributed by atoms with E-state index in [-0.39, 0.29) is 42.2 Å². The van der Waals surface area contributed by atoms with E-state index in [2.05, 4.69) is 56.7 Å². The quantitative estimate of drug-likeness (QED) is 0.0764. The average molecular weight is 771 g/mol. The largest absolute Gasteiger partial charge is 0.444 e. The van der Waals surface area contributed by atoms with Crippen molar-refractivity contribution in [2.75, 3.05) is 13.1 Å². The molecule has 296 valence electrons. The van der Waals surface area contributed by atoms with Crippen LogP contribution in [0.3, 0.4) is 0 Å². The number of unbranched alkanes of at least 4 members (excludes halogenated alkanes) is 2. The second-order valence-corrected chi connectivity index (χ2v) is 12.8. The van der Waals surface area contributed by atoms with Crippen LogP contribution in [0, 0.1) is 11.9 Å². The molecule has 5 N–H and O–H groups in total. The summed E-state index contributed by atoms with van der Waals surface area (Å²) in [5.74, 6) is -3.93. The number of carbonyl (C=O) groups excluding carboxylic acids is 5. The number of nitrogens with one attached hydrogen (secondary N) is 3. The van der Waals surface area contributed by atoms with E-state index >= 15 is 0 Å². The minimum atomic E-state index is -0.925. The summed E-state index contributed by atoms with van der Waals surface area (Å²) in [5, 5.41) is 29.6. The Morgan fingerprint density at radius 2 is 1.24 bits per heavy atom. The lowest BCUT2D eigenvalue weighted by atomic mass is 10.0. The number of nitrogens with two attached hydrogens (primary N) is 1. The van der Waals surface area contributed by atoms with E-state index in [0.717, 1.165) is 9.59 Å². The molecule has 2 atom stereocenters. The van der Waals surface area contributed by atoms with Gasteiger partial charge in [-0.2, -0.15) is 18.4 Å². The van der Waals surface area contributed by atoms with Gasteiger partial charge in [0.2, 0.25) is 11.9 Å². The number of aromatic nitrogens is 10. The second kappa shape index (κ2) is 22.1. The summed E-state index contributed by atoms with van der Waals surface area (Å²) < 4.78 is 32.5. The lowest BCUT2D eigenvalue weighted by Crippen LogP contribution is -2.43. The summed E-state index contributed by atoms with van der Waals surface area (Å²) in [6, 6.07) is 3.76. The fraction of sp³-hybridized carbons (Fsp3) is 0.485. The molecule has 4 rings (SSSR count). The lowest BCUT2D eigenvalue weighted by molar-refractivity contribution is -0.122. The molecule has 4 aromatic heterocycles. The first kappa shape index (κ1) is 43.2. The molecule has 0 fully saturated rings. The second-order valence-electron chi connectivity index (χ2n) is 12.8. The first-order valence-electron chi connectivity index (χ1n) is 17.2. The third kappa shape index (κ3) is 15.8.